The number of hydrogen-bond donors (Lipinski definition) is 2. The van der Waals surface area contributed by atoms with Crippen LogP contribution in [0.25, 0.3) is 11.0 Å². The van der Waals surface area contributed by atoms with Crippen LogP contribution in [0.4, 0.5) is 0 Å². The van der Waals surface area contributed by atoms with Gasteiger partial charge in [-0.2, -0.15) is 0 Å². The molecule has 0 fully saturated rings. The van der Waals surface area contributed by atoms with Gasteiger partial charge in [0.2, 0.25) is 5.91 Å². The number of H-pyrrole nitrogens is 1. The zero-order valence-electron chi connectivity index (χ0n) is 13.7. The minimum absolute atomic E-state index is 0.00373. The molecule has 124 valence electrons. The number of rotatable bonds is 6. The van der Waals surface area contributed by atoms with Crippen molar-refractivity contribution in [3.63, 3.8) is 0 Å². The van der Waals surface area contributed by atoms with Crippen LogP contribution < -0.4 is 5.32 Å². The number of carbonyl (C=O) groups is 1. The Hall–Kier alpha value is -2.34. The Bertz CT molecular complexity index is 783. The second-order valence-corrected chi connectivity index (χ2v) is 6.95. The van der Waals surface area contributed by atoms with Crippen LogP contribution in [-0.4, -0.2) is 26.6 Å². The van der Waals surface area contributed by atoms with Crippen LogP contribution in [-0.2, 0) is 4.79 Å². The largest absolute Gasteiger partial charge is 0.345 e. The van der Waals surface area contributed by atoms with E-state index in [1.165, 1.54) is 11.8 Å². The Kier molecular flexibility index (Phi) is 5.15. The van der Waals surface area contributed by atoms with Crippen molar-refractivity contribution in [3.8, 4) is 0 Å². The minimum atomic E-state index is -0.136. The van der Waals surface area contributed by atoms with Gasteiger partial charge in [0, 0.05) is 17.3 Å². The minimum Gasteiger partial charge on any atom is -0.345 e. The summed E-state index contributed by atoms with van der Waals surface area (Å²) in [6.07, 6.45) is 3.46. The van der Waals surface area contributed by atoms with E-state index in [9.17, 15) is 4.79 Å². The molecule has 0 aliphatic rings. The molecule has 24 heavy (non-hydrogen) atoms. The predicted molar refractivity (Wildman–Crippen MR) is 96.8 cm³/mol. The normalized spacial score (nSPS) is 12.5. The lowest BCUT2D eigenvalue weighted by molar-refractivity contribution is -0.119. The van der Waals surface area contributed by atoms with E-state index >= 15 is 0 Å². The highest BCUT2D eigenvalue weighted by Gasteiger charge is 2.21. The van der Waals surface area contributed by atoms with E-state index in [2.05, 4.69) is 34.1 Å². The van der Waals surface area contributed by atoms with Crippen molar-refractivity contribution in [2.75, 3.05) is 5.75 Å². The fourth-order valence-corrected chi connectivity index (χ4v) is 3.16. The van der Waals surface area contributed by atoms with Gasteiger partial charge in [-0.25, -0.2) is 4.98 Å². The number of aromatic amines is 1. The molecule has 1 amide bonds. The number of thioether (sulfide) groups is 1. The molecule has 0 spiro atoms. The summed E-state index contributed by atoms with van der Waals surface area (Å²) in [5.74, 6) is 1.40. The van der Waals surface area contributed by atoms with Gasteiger partial charge in [0.15, 0.2) is 0 Å². The fraction of sp³-hybridized carbons (Fsp3) is 0.278. The van der Waals surface area contributed by atoms with Crippen molar-refractivity contribution in [3.05, 3.63) is 54.6 Å². The van der Waals surface area contributed by atoms with Crippen LogP contribution >= 0.6 is 11.8 Å². The number of amides is 1. The van der Waals surface area contributed by atoms with Crippen LogP contribution in [0.15, 0.2) is 53.7 Å². The summed E-state index contributed by atoms with van der Waals surface area (Å²) in [7, 11) is 0. The zero-order valence-corrected chi connectivity index (χ0v) is 14.5. The van der Waals surface area contributed by atoms with Gasteiger partial charge in [-0.1, -0.05) is 26.0 Å². The first kappa shape index (κ1) is 16.5. The number of para-hydroxylation sites is 2. The van der Waals surface area contributed by atoms with Crippen LogP contribution in [0.1, 0.15) is 25.7 Å². The maximum atomic E-state index is 12.3. The first-order valence-electron chi connectivity index (χ1n) is 7.90. The Morgan fingerprint density at radius 1 is 1.21 bits per heavy atom. The maximum absolute atomic E-state index is 12.3. The third kappa shape index (κ3) is 3.94. The SMILES string of the molecule is CC(C)[C@@H](NC(=O)CSc1ccncc1)c1nc2ccccc2[nH]1. The van der Waals surface area contributed by atoms with Gasteiger partial charge in [-0.05, 0) is 30.2 Å². The molecule has 0 aliphatic heterocycles. The quantitative estimate of drug-likeness (QED) is 0.673. The molecule has 5 nitrogen and oxygen atoms in total. The molecule has 0 aliphatic carbocycles. The van der Waals surface area contributed by atoms with Gasteiger partial charge in [0.25, 0.3) is 0 Å². The summed E-state index contributed by atoms with van der Waals surface area (Å²) in [6, 6.07) is 11.6. The monoisotopic (exact) mass is 340 g/mol. The lowest BCUT2D eigenvalue weighted by atomic mass is 10.0. The molecule has 6 heteroatoms. The first-order chi connectivity index (χ1) is 11.6. The number of hydrogen-bond acceptors (Lipinski definition) is 4. The predicted octanol–water partition coefficient (Wildman–Crippen LogP) is 3.56. The molecule has 3 aromatic rings. The fourth-order valence-electron chi connectivity index (χ4n) is 2.47. The van der Waals surface area contributed by atoms with E-state index in [-0.39, 0.29) is 17.9 Å². The van der Waals surface area contributed by atoms with Gasteiger partial charge in [-0.15, -0.1) is 11.8 Å². The lowest BCUT2D eigenvalue weighted by Crippen LogP contribution is -2.33. The number of imidazole rings is 1. The number of aromatic nitrogens is 3. The molecule has 2 N–H and O–H groups in total. The third-order valence-corrected chi connectivity index (χ3v) is 4.72. The average molecular weight is 340 g/mol. The van der Waals surface area contributed by atoms with Crippen molar-refractivity contribution >= 4 is 28.7 Å². The number of nitrogens with one attached hydrogen (secondary N) is 2. The van der Waals surface area contributed by atoms with Crippen molar-refractivity contribution in [2.24, 2.45) is 5.92 Å². The highest BCUT2D eigenvalue weighted by molar-refractivity contribution is 8.00. The van der Waals surface area contributed by atoms with Crippen LogP contribution in [0, 0.1) is 5.92 Å². The summed E-state index contributed by atoms with van der Waals surface area (Å²) in [5.41, 5.74) is 1.90. The lowest BCUT2D eigenvalue weighted by Gasteiger charge is -2.20. The molecule has 2 heterocycles. The van der Waals surface area contributed by atoms with Crippen molar-refractivity contribution in [2.45, 2.75) is 24.8 Å². The summed E-state index contributed by atoms with van der Waals surface area (Å²) >= 11 is 1.50. The highest BCUT2D eigenvalue weighted by atomic mass is 32.2. The summed E-state index contributed by atoms with van der Waals surface area (Å²) < 4.78 is 0. The second-order valence-electron chi connectivity index (χ2n) is 5.90. The van der Waals surface area contributed by atoms with Crippen LogP contribution in [0.5, 0.6) is 0 Å². The van der Waals surface area contributed by atoms with Gasteiger partial charge in [0.05, 0.1) is 22.8 Å². The summed E-state index contributed by atoms with van der Waals surface area (Å²) in [5, 5.41) is 3.09. The number of pyridine rings is 1. The van der Waals surface area contributed by atoms with Crippen LogP contribution in [0.3, 0.4) is 0 Å². The second kappa shape index (κ2) is 7.49. The summed E-state index contributed by atoms with van der Waals surface area (Å²) in [6.45, 7) is 4.16. The number of carbonyl (C=O) groups excluding carboxylic acids is 1. The molecule has 0 saturated carbocycles. The molecule has 1 aromatic carbocycles. The maximum Gasteiger partial charge on any atom is 0.230 e. The van der Waals surface area contributed by atoms with E-state index in [1.807, 2.05) is 36.4 Å². The van der Waals surface area contributed by atoms with Gasteiger partial charge in [0.1, 0.15) is 5.82 Å². The topological polar surface area (TPSA) is 70.7 Å². The van der Waals surface area contributed by atoms with E-state index in [4.69, 9.17) is 0 Å². The van der Waals surface area contributed by atoms with Gasteiger partial charge in [-0.3, -0.25) is 9.78 Å². The zero-order chi connectivity index (χ0) is 16.9. The van der Waals surface area contributed by atoms with Crippen LogP contribution in [0.2, 0.25) is 0 Å². The van der Waals surface area contributed by atoms with Crippen molar-refractivity contribution in [1.29, 1.82) is 0 Å². The number of nitrogens with zero attached hydrogens (tertiary/aromatic N) is 2. The molecular weight excluding hydrogens is 320 g/mol. The summed E-state index contributed by atoms with van der Waals surface area (Å²) in [4.78, 5) is 25.3. The smallest absolute Gasteiger partial charge is 0.230 e. The molecule has 0 bridgehead atoms. The third-order valence-electron chi connectivity index (χ3n) is 3.71. The highest BCUT2D eigenvalue weighted by Crippen LogP contribution is 2.23. The molecule has 1 atom stereocenters. The Labute approximate surface area is 145 Å². The first-order valence-corrected chi connectivity index (χ1v) is 8.89. The Morgan fingerprint density at radius 2 is 1.96 bits per heavy atom. The standard InChI is InChI=1S/C18H20N4OS/c1-12(2)17(18-20-14-5-3-4-6-15(14)21-18)22-16(23)11-24-13-7-9-19-10-8-13/h3-10,12,17H,11H2,1-2H3,(H,20,21)(H,22,23)/t17-/m1/s1. The molecule has 0 unspecified atom stereocenters. The molecule has 0 radical (unpaired) electrons. The van der Waals surface area contributed by atoms with E-state index in [0.29, 0.717) is 5.75 Å². The van der Waals surface area contributed by atoms with Gasteiger partial charge < -0.3 is 10.3 Å². The number of fused-ring (bicyclic) bond motifs is 1. The van der Waals surface area contributed by atoms with E-state index in [1.54, 1.807) is 12.4 Å². The van der Waals surface area contributed by atoms with Crippen molar-refractivity contribution < 1.29 is 4.79 Å². The van der Waals surface area contributed by atoms with Gasteiger partial charge >= 0.3 is 0 Å². The Balaban J connectivity index is 1.68. The molecule has 2 aromatic heterocycles. The van der Waals surface area contributed by atoms with Crippen molar-refractivity contribution in [1.82, 2.24) is 20.3 Å². The Morgan fingerprint density at radius 3 is 2.67 bits per heavy atom. The molecular formula is C18H20N4OS. The van der Waals surface area contributed by atoms with E-state index < -0.39 is 0 Å². The molecule has 0 saturated heterocycles. The number of benzene rings is 1. The van der Waals surface area contributed by atoms with E-state index in [0.717, 1.165) is 21.8 Å². The average Bonchev–Trinajstić information content (AvgIpc) is 3.02. The molecule has 3 rings (SSSR count).